The van der Waals surface area contributed by atoms with Gasteiger partial charge in [0.25, 0.3) is 5.91 Å². The van der Waals surface area contributed by atoms with Crippen LogP contribution in [0.25, 0.3) is 0 Å². The van der Waals surface area contributed by atoms with E-state index in [0.717, 1.165) is 0 Å². The van der Waals surface area contributed by atoms with E-state index in [-0.39, 0.29) is 18.4 Å². The van der Waals surface area contributed by atoms with Crippen LogP contribution in [-0.2, 0) is 9.53 Å². The van der Waals surface area contributed by atoms with Crippen molar-refractivity contribution < 1.29 is 19.1 Å². The topological polar surface area (TPSA) is 91.8 Å². The number of nitrogens with zero attached hydrogens (tertiary/aromatic N) is 3. The van der Waals surface area contributed by atoms with E-state index in [1.54, 1.807) is 37.0 Å². The summed E-state index contributed by atoms with van der Waals surface area (Å²) in [6, 6.07) is 3.13. The number of pyridine rings is 1. The molecule has 2 rings (SSSR count). The van der Waals surface area contributed by atoms with E-state index >= 15 is 0 Å². The van der Waals surface area contributed by atoms with E-state index in [4.69, 9.17) is 4.74 Å². The summed E-state index contributed by atoms with van der Waals surface area (Å²) in [5.74, 6) is -0.671. The van der Waals surface area contributed by atoms with Gasteiger partial charge in [0.1, 0.15) is 5.69 Å². The highest BCUT2D eigenvalue weighted by molar-refractivity contribution is 5.95. The Bertz CT molecular complexity index is 712. The second-order valence-electron chi connectivity index (χ2n) is 6.21. The van der Waals surface area contributed by atoms with E-state index in [9.17, 15) is 14.4 Å². The highest BCUT2D eigenvalue weighted by Crippen LogP contribution is 2.12. The molecule has 1 aliphatic rings. The van der Waals surface area contributed by atoms with Crippen molar-refractivity contribution in [2.24, 2.45) is 0 Å². The number of hydrogen-bond acceptors (Lipinski definition) is 6. The SMILES string of the molecule is C=CCNC(=O)CN1CCN(C(=O)c2ccc(C(=O)OCC)c(C)n2)CC1. The maximum atomic E-state index is 12.7. The number of piperazine rings is 1. The molecule has 8 heteroatoms. The minimum atomic E-state index is -0.440. The Balaban J connectivity index is 1.92. The molecule has 146 valence electrons. The van der Waals surface area contributed by atoms with Gasteiger partial charge in [-0.1, -0.05) is 6.08 Å². The number of ether oxygens (including phenoxy) is 1. The van der Waals surface area contributed by atoms with Crippen LogP contribution < -0.4 is 5.32 Å². The molecule has 2 amide bonds. The second kappa shape index (κ2) is 9.82. The molecule has 8 nitrogen and oxygen atoms in total. The lowest BCUT2D eigenvalue weighted by atomic mass is 10.1. The maximum Gasteiger partial charge on any atom is 0.339 e. The number of carbonyl (C=O) groups excluding carboxylic acids is 3. The van der Waals surface area contributed by atoms with Gasteiger partial charge in [0.15, 0.2) is 0 Å². The summed E-state index contributed by atoms with van der Waals surface area (Å²) in [5, 5.41) is 2.74. The molecule has 0 radical (unpaired) electrons. The zero-order valence-corrected chi connectivity index (χ0v) is 15.9. The molecule has 0 spiro atoms. The molecular formula is C19H26N4O4. The summed E-state index contributed by atoms with van der Waals surface area (Å²) < 4.78 is 4.98. The minimum absolute atomic E-state index is 0.0541. The van der Waals surface area contributed by atoms with E-state index in [2.05, 4.69) is 16.9 Å². The molecule has 1 aromatic heterocycles. The van der Waals surface area contributed by atoms with Gasteiger partial charge in [0.05, 0.1) is 24.4 Å². The van der Waals surface area contributed by atoms with Gasteiger partial charge in [0.2, 0.25) is 5.91 Å². The molecule has 1 N–H and O–H groups in total. The van der Waals surface area contributed by atoms with Crippen LogP contribution in [0.4, 0.5) is 0 Å². The molecule has 0 atom stereocenters. The van der Waals surface area contributed by atoms with Gasteiger partial charge in [-0.15, -0.1) is 6.58 Å². The maximum absolute atomic E-state index is 12.7. The average Bonchev–Trinajstić information content (AvgIpc) is 2.66. The molecule has 27 heavy (non-hydrogen) atoms. The van der Waals surface area contributed by atoms with Crippen LogP contribution >= 0.6 is 0 Å². The normalized spacial score (nSPS) is 14.5. The predicted molar refractivity (Wildman–Crippen MR) is 100 cm³/mol. The molecule has 1 aliphatic heterocycles. The van der Waals surface area contributed by atoms with Crippen molar-refractivity contribution in [1.29, 1.82) is 0 Å². The van der Waals surface area contributed by atoms with Crippen LogP contribution in [0.1, 0.15) is 33.5 Å². The van der Waals surface area contributed by atoms with Crippen molar-refractivity contribution in [3.63, 3.8) is 0 Å². The molecule has 1 saturated heterocycles. The highest BCUT2D eigenvalue weighted by atomic mass is 16.5. The van der Waals surface area contributed by atoms with E-state index in [0.29, 0.717) is 56.2 Å². The van der Waals surface area contributed by atoms with Gasteiger partial charge in [-0.3, -0.25) is 14.5 Å². The molecule has 0 saturated carbocycles. The lowest BCUT2D eigenvalue weighted by Crippen LogP contribution is -2.51. The third kappa shape index (κ3) is 5.62. The van der Waals surface area contributed by atoms with Crippen LogP contribution in [0, 0.1) is 6.92 Å². The Hall–Kier alpha value is -2.74. The first-order valence-electron chi connectivity index (χ1n) is 9.00. The van der Waals surface area contributed by atoms with Gasteiger partial charge in [0, 0.05) is 32.7 Å². The zero-order chi connectivity index (χ0) is 19.8. The fraction of sp³-hybridized carbons (Fsp3) is 0.474. The van der Waals surface area contributed by atoms with Gasteiger partial charge >= 0.3 is 5.97 Å². The number of esters is 1. The molecular weight excluding hydrogens is 348 g/mol. The van der Waals surface area contributed by atoms with Crippen LogP contribution in [0.3, 0.4) is 0 Å². The first kappa shape index (κ1) is 20.6. The first-order valence-corrected chi connectivity index (χ1v) is 9.00. The molecule has 0 bridgehead atoms. The lowest BCUT2D eigenvalue weighted by molar-refractivity contribution is -0.122. The van der Waals surface area contributed by atoms with E-state index in [1.807, 2.05) is 4.90 Å². The largest absolute Gasteiger partial charge is 0.462 e. The fourth-order valence-corrected chi connectivity index (χ4v) is 2.82. The third-order valence-electron chi connectivity index (χ3n) is 4.27. The smallest absolute Gasteiger partial charge is 0.339 e. The molecule has 1 aromatic rings. The van der Waals surface area contributed by atoms with Crippen LogP contribution in [0.15, 0.2) is 24.8 Å². The molecule has 2 heterocycles. The number of hydrogen-bond donors (Lipinski definition) is 1. The van der Waals surface area contributed by atoms with Gasteiger partial charge in [-0.2, -0.15) is 0 Å². The van der Waals surface area contributed by atoms with Crippen molar-refractivity contribution in [2.75, 3.05) is 45.9 Å². The monoisotopic (exact) mass is 374 g/mol. The number of aryl methyl sites for hydroxylation is 1. The predicted octanol–water partition coefficient (Wildman–Crippen LogP) is 0.627. The van der Waals surface area contributed by atoms with Crippen molar-refractivity contribution in [2.45, 2.75) is 13.8 Å². The number of aromatic nitrogens is 1. The van der Waals surface area contributed by atoms with Crippen LogP contribution in [0.5, 0.6) is 0 Å². The fourth-order valence-electron chi connectivity index (χ4n) is 2.82. The van der Waals surface area contributed by atoms with Gasteiger partial charge in [-0.05, 0) is 26.0 Å². The summed E-state index contributed by atoms with van der Waals surface area (Å²) in [4.78, 5) is 44.2. The van der Waals surface area contributed by atoms with E-state index < -0.39 is 5.97 Å². The number of carbonyl (C=O) groups is 3. The number of amides is 2. The summed E-state index contributed by atoms with van der Waals surface area (Å²) in [7, 11) is 0. The molecule has 1 fully saturated rings. The number of nitrogens with one attached hydrogen (secondary N) is 1. The average molecular weight is 374 g/mol. The van der Waals surface area contributed by atoms with Crippen molar-refractivity contribution in [3.8, 4) is 0 Å². The summed E-state index contributed by atoms with van der Waals surface area (Å²) in [6.45, 7) is 10.3. The van der Waals surface area contributed by atoms with Crippen molar-refractivity contribution >= 4 is 17.8 Å². The standard InChI is InChI=1S/C19H26N4O4/c1-4-8-20-17(24)13-22-9-11-23(12-10-22)18(25)16-7-6-15(14(3)21-16)19(26)27-5-2/h4,6-7H,1,5,8-13H2,2-3H3,(H,20,24). The first-order chi connectivity index (χ1) is 13.0. The summed E-state index contributed by atoms with van der Waals surface area (Å²) in [5.41, 5.74) is 1.14. The number of rotatable bonds is 7. The quantitative estimate of drug-likeness (QED) is 0.556. The Kier molecular flexibility index (Phi) is 7.48. The second-order valence-corrected chi connectivity index (χ2v) is 6.21. The summed E-state index contributed by atoms with van der Waals surface area (Å²) in [6.07, 6.45) is 1.64. The summed E-state index contributed by atoms with van der Waals surface area (Å²) >= 11 is 0. The molecule has 0 aromatic carbocycles. The Morgan fingerprint density at radius 3 is 2.56 bits per heavy atom. The molecule has 0 aliphatic carbocycles. The van der Waals surface area contributed by atoms with Crippen molar-refractivity contribution in [1.82, 2.24) is 20.1 Å². The Labute approximate surface area is 159 Å². The third-order valence-corrected chi connectivity index (χ3v) is 4.27. The zero-order valence-electron chi connectivity index (χ0n) is 15.9. The van der Waals surface area contributed by atoms with Gasteiger partial charge < -0.3 is 15.0 Å². The van der Waals surface area contributed by atoms with Crippen LogP contribution in [0.2, 0.25) is 0 Å². The lowest BCUT2D eigenvalue weighted by Gasteiger charge is -2.34. The van der Waals surface area contributed by atoms with Crippen molar-refractivity contribution in [3.05, 3.63) is 41.7 Å². The minimum Gasteiger partial charge on any atom is -0.462 e. The Morgan fingerprint density at radius 2 is 1.96 bits per heavy atom. The van der Waals surface area contributed by atoms with Crippen LogP contribution in [-0.4, -0.2) is 78.4 Å². The van der Waals surface area contributed by atoms with E-state index in [1.165, 1.54) is 0 Å². The molecule has 0 unspecified atom stereocenters. The Morgan fingerprint density at radius 1 is 1.26 bits per heavy atom. The highest BCUT2D eigenvalue weighted by Gasteiger charge is 2.24. The van der Waals surface area contributed by atoms with Gasteiger partial charge in [-0.25, -0.2) is 9.78 Å².